The minimum atomic E-state index is -0.538. The molecule has 0 heterocycles. The molecule has 0 fully saturated rings. The number of rotatable bonds is 7. The summed E-state index contributed by atoms with van der Waals surface area (Å²) in [6, 6.07) is 5.74. The molecular formula is C13H18FNO3. The van der Waals surface area contributed by atoms with Gasteiger partial charge in [0.1, 0.15) is 11.6 Å². The molecule has 0 saturated heterocycles. The molecule has 100 valence electrons. The number of amides is 1. The molecule has 0 spiro atoms. The summed E-state index contributed by atoms with van der Waals surface area (Å²) in [5, 5.41) is 11.6. The van der Waals surface area contributed by atoms with Gasteiger partial charge in [-0.05, 0) is 37.6 Å². The van der Waals surface area contributed by atoms with Crippen LogP contribution in [-0.2, 0) is 4.79 Å². The average Bonchev–Trinajstić information content (AvgIpc) is 2.34. The molecule has 0 bridgehead atoms. The second kappa shape index (κ2) is 7.66. The lowest BCUT2D eigenvalue weighted by molar-refractivity contribution is -0.121. The van der Waals surface area contributed by atoms with Crippen LogP contribution in [-0.4, -0.2) is 30.3 Å². The van der Waals surface area contributed by atoms with E-state index < -0.39 is 6.10 Å². The number of aliphatic hydroxyl groups is 1. The Kier molecular flexibility index (Phi) is 6.14. The van der Waals surface area contributed by atoms with Gasteiger partial charge in [0.25, 0.3) is 0 Å². The summed E-state index contributed by atoms with van der Waals surface area (Å²) in [5.41, 5.74) is 0. The number of carbonyl (C=O) groups excluding carboxylic acids is 1. The largest absolute Gasteiger partial charge is 0.494 e. The molecule has 1 aromatic carbocycles. The molecule has 4 nitrogen and oxygen atoms in total. The van der Waals surface area contributed by atoms with Crippen molar-refractivity contribution in [2.24, 2.45) is 0 Å². The van der Waals surface area contributed by atoms with Gasteiger partial charge >= 0.3 is 0 Å². The number of hydrogen-bond acceptors (Lipinski definition) is 3. The summed E-state index contributed by atoms with van der Waals surface area (Å²) in [6.45, 7) is 2.27. The fourth-order valence-corrected chi connectivity index (χ4v) is 1.30. The van der Waals surface area contributed by atoms with Gasteiger partial charge in [-0.2, -0.15) is 0 Å². The quantitative estimate of drug-likeness (QED) is 0.726. The number of halogens is 1. The Bertz CT molecular complexity index is 365. The molecule has 2 N–H and O–H groups in total. The van der Waals surface area contributed by atoms with Crippen LogP contribution in [0.4, 0.5) is 4.39 Å². The van der Waals surface area contributed by atoms with Crippen molar-refractivity contribution in [3.63, 3.8) is 0 Å². The maximum absolute atomic E-state index is 12.6. The molecule has 0 aromatic heterocycles. The van der Waals surface area contributed by atoms with E-state index >= 15 is 0 Å². The fourth-order valence-electron chi connectivity index (χ4n) is 1.30. The average molecular weight is 255 g/mol. The molecule has 0 saturated carbocycles. The van der Waals surface area contributed by atoms with Crippen molar-refractivity contribution in [2.45, 2.75) is 25.9 Å². The topological polar surface area (TPSA) is 58.6 Å². The number of nitrogens with one attached hydrogen (secondary N) is 1. The SMILES string of the molecule is C[C@@H](O)CNC(=O)CCCOc1ccc(F)cc1. The van der Waals surface area contributed by atoms with Crippen LogP contribution >= 0.6 is 0 Å². The Balaban J connectivity index is 2.11. The molecule has 0 radical (unpaired) electrons. The Labute approximate surface area is 106 Å². The van der Waals surface area contributed by atoms with Crippen LogP contribution in [0.2, 0.25) is 0 Å². The molecule has 0 unspecified atom stereocenters. The molecule has 18 heavy (non-hydrogen) atoms. The third-order valence-electron chi connectivity index (χ3n) is 2.23. The zero-order chi connectivity index (χ0) is 13.4. The smallest absolute Gasteiger partial charge is 0.220 e. The molecule has 1 amide bonds. The van der Waals surface area contributed by atoms with Gasteiger partial charge in [-0.15, -0.1) is 0 Å². The molecule has 0 aliphatic carbocycles. The summed E-state index contributed by atoms with van der Waals surface area (Å²) in [4.78, 5) is 11.3. The van der Waals surface area contributed by atoms with Gasteiger partial charge in [-0.1, -0.05) is 0 Å². The zero-order valence-corrected chi connectivity index (χ0v) is 10.4. The van der Waals surface area contributed by atoms with Crippen molar-refractivity contribution in [3.8, 4) is 5.75 Å². The van der Waals surface area contributed by atoms with Crippen LogP contribution in [0, 0.1) is 5.82 Å². The van der Waals surface area contributed by atoms with Crippen LogP contribution in [0.15, 0.2) is 24.3 Å². The van der Waals surface area contributed by atoms with Gasteiger partial charge in [0.15, 0.2) is 0 Å². The van der Waals surface area contributed by atoms with Crippen molar-refractivity contribution in [1.82, 2.24) is 5.32 Å². The van der Waals surface area contributed by atoms with E-state index in [1.54, 1.807) is 19.1 Å². The number of aliphatic hydroxyl groups excluding tert-OH is 1. The Morgan fingerprint density at radius 2 is 2.11 bits per heavy atom. The van der Waals surface area contributed by atoms with E-state index in [0.717, 1.165) is 0 Å². The maximum Gasteiger partial charge on any atom is 0.220 e. The molecule has 1 aromatic rings. The van der Waals surface area contributed by atoms with E-state index in [1.165, 1.54) is 12.1 Å². The second-order valence-corrected chi connectivity index (χ2v) is 4.06. The summed E-state index contributed by atoms with van der Waals surface area (Å²) in [6.07, 6.45) is 0.376. The van der Waals surface area contributed by atoms with E-state index in [9.17, 15) is 9.18 Å². The normalized spacial score (nSPS) is 11.9. The first-order valence-electron chi connectivity index (χ1n) is 5.91. The number of benzene rings is 1. The van der Waals surface area contributed by atoms with Crippen LogP contribution < -0.4 is 10.1 Å². The predicted molar refractivity (Wildman–Crippen MR) is 65.8 cm³/mol. The van der Waals surface area contributed by atoms with Gasteiger partial charge < -0.3 is 15.2 Å². The summed E-state index contributed by atoms with van der Waals surface area (Å²) in [7, 11) is 0. The van der Waals surface area contributed by atoms with Gasteiger partial charge in [-0.25, -0.2) is 4.39 Å². The molecular weight excluding hydrogens is 237 g/mol. The van der Waals surface area contributed by atoms with Crippen LogP contribution in [0.5, 0.6) is 5.75 Å². The van der Waals surface area contributed by atoms with Gasteiger partial charge in [-0.3, -0.25) is 4.79 Å². The molecule has 0 aliphatic heterocycles. The van der Waals surface area contributed by atoms with Crippen molar-refractivity contribution in [1.29, 1.82) is 0 Å². The number of hydrogen-bond donors (Lipinski definition) is 2. The summed E-state index contributed by atoms with van der Waals surface area (Å²) < 4.78 is 17.9. The van der Waals surface area contributed by atoms with Gasteiger partial charge in [0, 0.05) is 13.0 Å². The molecule has 5 heteroatoms. The summed E-state index contributed by atoms with van der Waals surface area (Å²) >= 11 is 0. The Morgan fingerprint density at radius 3 is 2.72 bits per heavy atom. The van der Waals surface area contributed by atoms with Crippen LogP contribution in [0.3, 0.4) is 0 Å². The van der Waals surface area contributed by atoms with Gasteiger partial charge in [0.2, 0.25) is 5.91 Å². The lowest BCUT2D eigenvalue weighted by atomic mass is 10.3. The first kappa shape index (κ1) is 14.4. The van der Waals surface area contributed by atoms with E-state index in [1.807, 2.05) is 0 Å². The lowest BCUT2D eigenvalue weighted by Crippen LogP contribution is -2.30. The zero-order valence-electron chi connectivity index (χ0n) is 10.4. The fraction of sp³-hybridized carbons (Fsp3) is 0.462. The Hall–Kier alpha value is -1.62. The van der Waals surface area contributed by atoms with Crippen molar-refractivity contribution >= 4 is 5.91 Å². The lowest BCUT2D eigenvalue weighted by Gasteiger charge is -2.08. The maximum atomic E-state index is 12.6. The van der Waals surface area contributed by atoms with E-state index in [4.69, 9.17) is 9.84 Å². The van der Waals surface area contributed by atoms with Gasteiger partial charge in [0.05, 0.1) is 12.7 Å². The number of ether oxygens (including phenoxy) is 1. The molecule has 0 aliphatic rings. The standard InChI is InChI=1S/C13H18FNO3/c1-10(16)9-15-13(17)3-2-8-18-12-6-4-11(14)5-7-12/h4-7,10,16H,2-3,8-9H2,1H3,(H,15,17)/t10-/m1/s1. The highest BCUT2D eigenvalue weighted by Crippen LogP contribution is 2.11. The summed E-state index contributed by atoms with van der Waals surface area (Å²) in [5.74, 6) is 0.166. The monoisotopic (exact) mass is 255 g/mol. The third kappa shape index (κ3) is 6.20. The van der Waals surface area contributed by atoms with Crippen LogP contribution in [0.25, 0.3) is 0 Å². The minimum Gasteiger partial charge on any atom is -0.494 e. The predicted octanol–water partition coefficient (Wildman–Crippen LogP) is 1.48. The highest BCUT2D eigenvalue weighted by atomic mass is 19.1. The van der Waals surface area contributed by atoms with E-state index in [0.29, 0.717) is 25.2 Å². The number of carbonyl (C=O) groups is 1. The van der Waals surface area contributed by atoms with E-state index in [2.05, 4.69) is 5.32 Å². The highest BCUT2D eigenvalue weighted by Gasteiger charge is 2.03. The van der Waals surface area contributed by atoms with Crippen molar-refractivity contribution < 1.29 is 19.0 Å². The van der Waals surface area contributed by atoms with Crippen molar-refractivity contribution in [2.75, 3.05) is 13.2 Å². The first-order chi connectivity index (χ1) is 8.58. The highest BCUT2D eigenvalue weighted by molar-refractivity contribution is 5.75. The van der Waals surface area contributed by atoms with Crippen LogP contribution in [0.1, 0.15) is 19.8 Å². The first-order valence-corrected chi connectivity index (χ1v) is 5.91. The minimum absolute atomic E-state index is 0.112. The van der Waals surface area contributed by atoms with Crippen molar-refractivity contribution in [3.05, 3.63) is 30.1 Å². The molecule has 1 rings (SSSR count). The third-order valence-corrected chi connectivity index (χ3v) is 2.23. The Morgan fingerprint density at radius 1 is 1.44 bits per heavy atom. The van der Waals surface area contributed by atoms with E-state index in [-0.39, 0.29) is 18.3 Å². The second-order valence-electron chi connectivity index (χ2n) is 4.06. The molecule has 1 atom stereocenters.